The first-order valence-corrected chi connectivity index (χ1v) is 4.19. The van der Waals surface area contributed by atoms with Crippen LogP contribution in [0.1, 0.15) is 0 Å². The van der Waals surface area contributed by atoms with Gasteiger partial charge in [0.2, 0.25) is 0 Å². The van der Waals surface area contributed by atoms with Crippen LogP contribution in [0.15, 0.2) is 0 Å². The fourth-order valence-electron chi connectivity index (χ4n) is 0. The van der Waals surface area contributed by atoms with Gasteiger partial charge >= 0.3 is 62.7 Å². The summed E-state index contributed by atoms with van der Waals surface area (Å²) in [6.45, 7) is 0. The second-order valence-electron chi connectivity index (χ2n) is 0.896. The summed E-state index contributed by atoms with van der Waals surface area (Å²) >= 11 is 0. The van der Waals surface area contributed by atoms with Crippen molar-refractivity contribution in [2.75, 3.05) is 0 Å². The van der Waals surface area contributed by atoms with Crippen molar-refractivity contribution in [2.24, 2.45) is 0 Å². The van der Waals surface area contributed by atoms with E-state index in [2.05, 4.69) is 0 Å². The molecule has 13 heteroatoms. The third kappa shape index (κ3) is 690. The van der Waals surface area contributed by atoms with Gasteiger partial charge in [-0.3, -0.25) is 18.2 Å². The zero-order chi connectivity index (χ0) is 9.00. The van der Waals surface area contributed by atoms with E-state index < -0.39 is 20.8 Å². The second-order valence-corrected chi connectivity index (χ2v) is 2.69. The van der Waals surface area contributed by atoms with Gasteiger partial charge in [-0.25, -0.2) is 0 Å². The molecule has 0 aliphatic carbocycles. The first-order chi connectivity index (χ1) is 4.00. The Kier molecular flexibility index (Phi) is 26.4. The van der Waals surface area contributed by atoms with Gasteiger partial charge in [0.25, 0.3) is 0 Å². The van der Waals surface area contributed by atoms with E-state index in [1.54, 1.807) is 0 Å². The van der Waals surface area contributed by atoms with E-state index in [0.717, 1.165) is 0 Å². The van der Waals surface area contributed by atoms with Crippen LogP contribution in [0.4, 0.5) is 0 Å². The first-order valence-electron chi connectivity index (χ1n) is 1.40. The summed E-state index contributed by atoms with van der Waals surface area (Å²) in [6.07, 6.45) is 0. The van der Waals surface area contributed by atoms with Gasteiger partial charge in [0.1, 0.15) is 0 Å². The summed E-state index contributed by atoms with van der Waals surface area (Å²) in [6, 6.07) is 0. The predicted molar refractivity (Wildman–Crippen MR) is 54.0 cm³/mol. The summed E-state index contributed by atoms with van der Waals surface area (Å²) in [5, 5.41) is 0. The molecule has 76 valence electrons. The monoisotopic (exact) mass is 260 g/mol. The molecule has 0 aromatic rings. The van der Waals surface area contributed by atoms with Gasteiger partial charge in [-0.1, -0.05) is 0 Å². The van der Waals surface area contributed by atoms with Crippen molar-refractivity contribution in [3.63, 3.8) is 0 Å². The molecular weight excluding hydrogens is 250 g/mol. The third-order valence-electron chi connectivity index (χ3n) is 0. The van der Waals surface area contributed by atoms with E-state index >= 15 is 0 Å². The van der Waals surface area contributed by atoms with Crippen molar-refractivity contribution in [3.8, 4) is 0 Å². The van der Waals surface area contributed by atoms with Crippen molar-refractivity contribution in [3.05, 3.63) is 0 Å². The van der Waals surface area contributed by atoms with Crippen molar-refractivity contribution in [2.45, 2.75) is 0 Å². The average molecular weight is 260 g/mol. The van der Waals surface area contributed by atoms with Crippen molar-refractivity contribution < 1.29 is 35.0 Å². The fraction of sp³-hybridized carbons (Fsp3) is 0. The standard InChI is InChI=1S/Al.Li.Mg.2H2O4S.6H/c;;;2*1-5(2,3)4;;;;;;/h;;;2*(H2,1,2,3,4);;;;;;. The molecule has 0 spiro atoms. The Morgan fingerprint density at radius 2 is 0.692 bits per heavy atom. The van der Waals surface area contributed by atoms with Crippen LogP contribution in [0.25, 0.3) is 0 Å². The Bertz CT molecular complexity index is 219. The van der Waals surface area contributed by atoms with Gasteiger partial charge in [-0.15, -0.1) is 0 Å². The van der Waals surface area contributed by atoms with Gasteiger partial charge < -0.3 is 0 Å². The minimum Gasteiger partial charge on any atom is 0.316 e. The van der Waals surface area contributed by atoms with E-state index in [4.69, 9.17) is 35.0 Å². The van der Waals surface area contributed by atoms with Crippen LogP contribution in [0.3, 0.4) is 0 Å². The minimum absolute atomic E-state index is 0. The smallest absolute Gasteiger partial charge is 0.316 e. The Morgan fingerprint density at radius 1 is 0.692 bits per heavy atom. The molecule has 0 aliphatic heterocycles. The Balaban J connectivity index is -0.0000000267. The summed E-state index contributed by atoms with van der Waals surface area (Å²) in [5.74, 6) is 0. The molecule has 0 aromatic heterocycles. The molecule has 0 atom stereocenters. The van der Waals surface area contributed by atoms with Crippen molar-refractivity contribution in [1.82, 2.24) is 0 Å². The summed E-state index contributed by atoms with van der Waals surface area (Å²) in [7, 11) is -9.33. The molecular formula is H10AlLiMgO8S2. The van der Waals surface area contributed by atoms with Crippen LogP contribution in [0.2, 0.25) is 0 Å². The van der Waals surface area contributed by atoms with Crippen molar-refractivity contribution in [1.29, 1.82) is 0 Å². The quantitative estimate of drug-likeness (QED) is 0.254. The molecule has 0 unspecified atom stereocenters. The van der Waals surface area contributed by atoms with E-state index in [-0.39, 0.29) is 59.3 Å². The third-order valence-corrected chi connectivity index (χ3v) is 0. The average Bonchev–Trinajstić information content (AvgIpc) is 1.12. The van der Waals surface area contributed by atoms with Crippen LogP contribution < -0.4 is 0 Å². The van der Waals surface area contributed by atoms with Crippen LogP contribution in [0.5, 0.6) is 0 Å². The minimum atomic E-state index is -4.67. The molecule has 0 aliphatic rings. The molecule has 0 aromatic carbocycles. The fourth-order valence-corrected chi connectivity index (χ4v) is 0. The zero-order valence-electron chi connectivity index (χ0n) is 4.24. The molecule has 8 nitrogen and oxygen atoms in total. The molecule has 0 rings (SSSR count). The molecule has 0 bridgehead atoms. The maximum Gasteiger partial charge on any atom is 0.316 e. The topological polar surface area (TPSA) is 149 Å². The van der Waals surface area contributed by atoms with Crippen LogP contribution in [0, 0.1) is 0 Å². The molecule has 13 heavy (non-hydrogen) atoms. The van der Waals surface area contributed by atoms with Gasteiger partial charge in [-0.05, 0) is 0 Å². The number of hydrogen-bond acceptors (Lipinski definition) is 4. The van der Waals surface area contributed by atoms with Gasteiger partial charge in [-0.2, -0.15) is 16.8 Å². The van der Waals surface area contributed by atoms with Gasteiger partial charge in [0.05, 0.1) is 0 Å². The number of rotatable bonds is 0. The van der Waals surface area contributed by atoms with E-state index in [9.17, 15) is 0 Å². The summed E-state index contributed by atoms with van der Waals surface area (Å²) < 4.78 is 63.2. The van der Waals surface area contributed by atoms with E-state index in [0.29, 0.717) is 0 Å². The molecule has 0 heterocycles. The van der Waals surface area contributed by atoms with E-state index in [1.807, 2.05) is 0 Å². The summed E-state index contributed by atoms with van der Waals surface area (Å²) in [5.41, 5.74) is 0. The maximum atomic E-state index is 8.74. The Hall–Kier alpha value is 1.64. The Morgan fingerprint density at radius 3 is 0.692 bits per heavy atom. The zero-order valence-corrected chi connectivity index (χ0v) is 5.87. The second kappa shape index (κ2) is 11.7. The van der Waals surface area contributed by atoms with Gasteiger partial charge in [0.15, 0.2) is 17.4 Å². The molecule has 0 amide bonds. The first kappa shape index (κ1) is 29.3. The van der Waals surface area contributed by atoms with Crippen molar-refractivity contribution >= 4 is 80.1 Å². The van der Waals surface area contributed by atoms with Crippen LogP contribution in [-0.4, -0.2) is 94.3 Å². The molecule has 0 saturated carbocycles. The molecule has 0 saturated heterocycles. The largest absolute Gasteiger partial charge is 0.316 e. The summed E-state index contributed by atoms with van der Waals surface area (Å²) in [4.78, 5) is 0. The molecule has 4 N–H and O–H groups in total. The van der Waals surface area contributed by atoms with Crippen LogP contribution in [-0.2, 0) is 20.8 Å². The van der Waals surface area contributed by atoms with Gasteiger partial charge in [0, 0.05) is 0 Å². The maximum absolute atomic E-state index is 8.74. The number of hydrogen-bond donors (Lipinski definition) is 4. The normalized spacial score (nSPS) is 8.92. The van der Waals surface area contributed by atoms with E-state index in [1.165, 1.54) is 0 Å². The Labute approximate surface area is 114 Å². The predicted octanol–water partition coefficient (Wildman–Crippen LogP) is -4.05. The SMILES string of the molecule is O=S(=O)(O)O.O=S(=O)(O)O.[AlH3].[LiH].[MgH2]. The molecule has 0 fully saturated rings. The molecule has 0 radical (unpaired) electrons. The van der Waals surface area contributed by atoms with Crippen LogP contribution >= 0.6 is 0 Å².